The van der Waals surface area contributed by atoms with Crippen LogP contribution in [-0.4, -0.2) is 11.6 Å². The molecule has 3 nitrogen and oxygen atoms in total. The maximum absolute atomic E-state index is 11.0. The maximum Gasteiger partial charge on any atom is 0.269 e. The fraction of sp³-hybridized carbons (Fsp3) is 0. The molecule has 4 heteroatoms. The number of hydrogen-bond acceptors (Lipinski definition) is 2. The molecule has 0 aliphatic rings. The van der Waals surface area contributed by atoms with Gasteiger partial charge < -0.3 is 0 Å². The zero-order chi connectivity index (χ0) is 19.3. The van der Waals surface area contributed by atoms with Crippen molar-refractivity contribution in [2.75, 3.05) is 0 Å². The van der Waals surface area contributed by atoms with Crippen LogP contribution in [0.4, 0.5) is 5.69 Å². The van der Waals surface area contributed by atoms with Gasteiger partial charge in [-0.3, -0.25) is 10.1 Å². The molecule has 0 radical (unpaired) electrons. The number of hydrogen-bond donors (Lipinski definition) is 0. The molecule has 0 unspecified atom stereocenters. The summed E-state index contributed by atoms with van der Waals surface area (Å²) in [6.07, 6.45) is 0. The lowest BCUT2D eigenvalue weighted by Gasteiger charge is -2.19. The molecular weight excluding hydrogens is 345 g/mol. The molecule has 4 rings (SSSR count). The van der Waals surface area contributed by atoms with Crippen molar-refractivity contribution >= 4 is 28.8 Å². The minimum atomic E-state index is -0.369. The second-order valence-electron chi connectivity index (χ2n) is 6.65. The molecule has 0 atom stereocenters. The number of nitro groups is 1. The molecule has 28 heavy (non-hydrogen) atoms. The van der Waals surface area contributed by atoms with Gasteiger partial charge in [0.05, 0.1) is 4.92 Å². The number of benzene rings is 4. The van der Waals surface area contributed by atoms with Gasteiger partial charge in [-0.2, -0.15) is 0 Å². The molecule has 0 N–H and O–H groups in total. The van der Waals surface area contributed by atoms with Gasteiger partial charge in [0.1, 0.15) is 0 Å². The van der Waals surface area contributed by atoms with Gasteiger partial charge in [0.15, 0.2) is 0 Å². The first kappa shape index (κ1) is 17.7. The molecule has 0 amide bonds. The highest BCUT2D eigenvalue weighted by atomic mass is 16.6. The Hall–Kier alpha value is -3.66. The standard InChI is InChI=1S/C24H18BNO2/c27-26(28)22-17-15-19(16-18-22)23-13-7-8-14-24(23)25(20-9-3-1-4-10-20)21-11-5-2-6-12-21/h1-18H. The zero-order valence-corrected chi connectivity index (χ0v) is 15.2. The first-order valence-corrected chi connectivity index (χ1v) is 9.17. The van der Waals surface area contributed by atoms with Gasteiger partial charge in [0.2, 0.25) is 6.71 Å². The third kappa shape index (κ3) is 3.58. The molecule has 0 spiro atoms. The SMILES string of the molecule is O=[N+]([O-])c1ccc(-c2ccccc2B(c2ccccc2)c2ccccc2)cc1. The van der Waals surface area contributed by atoms with E-state index in [9.17, 15) is 10.1 Å². The fourth-order valence-electron chi connectivity index (χ4n) is 3.62. The van der Waals surface area contributed by atoms with E-state index in [0.29, 0.717) is 0 Å². The van der Waals surface area contributed by atoms with Gasteiger partial charge in [-0.05, 0) is 23.3 Å². The van der Waals surface area contributed by atoms with E-state index in [1.54, 1.807) is 12.1 Å². The largest absolute Gasteiger partial charge is 0.269 e. The summed E-state index contributed by atoms with van der Waals surface area (Å²) in [7, 11) is 0. The van der Waals surface area contributed by atoms with Crippen LogP contribution in [0.1, 0.15) is 0 Å². The quantitative estimate of drug-likeness (QED) is 0.308. The van der Waals surface area contributed by atoms with Crippen molar-refractivity contribution in [2.45, 2.75) is 0 Å². The average molecular weight is 363 g/mol. The van der Waals surface area contributed by atoms with Crippen LogP contribution in [0.15, 0.2) is 109 Å². The summed E-state index contributed by atoms with van der Waals surface area (Å²) < 4.78 is 0. The lowest BCUT2D eigenvalue weighted by atomic mass is 9.36. The van der Waals surface area contributed by atoms with Gasteiger partial charge in [-0.1, -0.05) is 101 Å². The third-order valence-corrected chi connectivity index (χ3v) is 4.93. The van der Waals surface area contributed by atoms with Crippen molar-refractivity contribution in [2.24, 2.45) is 0 Å². The van der Waals surface area contributed by atoms with Crippen molar-refractivity contribution in [3.05, 3.63) is 119 Å². The van der Waals surface area contributed by atoms with Crippen LogP contribution in [0.25, 0.3) is 11.1 Å². The van der Waals surface area contributed by atoms with Crippen LogP contribution < -0.4 is 16.4 Å². The van der Waals surface area contributed by atoms with E-state index in [1.165, 1.54) is 16.4 Å². The molecule has 0 aliphatic carbocycles. The Bertz CT molecular complexity index is 1040. The Labute approximate surface area is 164 Å². The summed E-state index contributed by atoms with van der Waals surface area (Å²) in [6, 6.07) is 35.9. The van der Waals surface area contributed by atoms with E-state index in [2.05, 4.69) is 60.7 Å². The van der Waals surface area contributed by atoms with Crippen LogP contribution in [0.5, 0.6) is 0 Å². The van der Waals surface area contributed by atoms with Crippen molar-refractivity contribution in [1.82, 2.24) is 0 Å². The van der Waals surface area contributed by atoms with Crippen LogP contribution in [0.3, 0.4) is 0 Å². The Balaban J connectivity index is 1.88. The van der Waals surface area contributed by atoms with Gasteiger partial charge in [0.25, 0.3) is 5.69 Å². The predicted molar refractivity (Wildman–Crippen MR) is 116 cm³/mol. The normalized spacial score (nSPS) is 10.4. The van der Waals surface area contributed by atoms with Gasteiger partial charge in [-0.15, -0.1) is 0 Å². The van der Waals surface area contributed by atoms with E-state index < -0.39 is 0 Å². The Kier molecular flexibility index (Phi) is 5.02. The molecule has 0 aromatic heterocycles. The van der Waals surface area contributed by atoms with Crippen LogP contribution in [0.2, 0.25) is 0 Å². The molecular formula is C24H18BNO2. The highest BCUT2D eigenvalue weighted by Gasteiger charge is 2.24. The number of rotatable bonds is 5. The maximum atomic E-state index is 11.0. The highest BCUT2D eigenvalue weighted by molar-refractivity contribution is 6.96. The highest BCUT2D eigenvalue weighted by Crippen LogP contribution is 2.21. The van der Waals surface area contributed by atoms with Crippen molar-refractivity contribution in [3.8, 4) is 11.1 Å². The number of nitro benzene ring substituents is 1. The molecule has 0 bridgehead atoms. The second kappa shape index (κ2) is 7.93. The number of nitrogens with zero attached hydrogens (tertiary/aromatic N) is 1. The summed E-state index contributed by atoms with van der Waals surface area (Å²) in [5.41, 5.74) is 5.75. The minimum Gasteiger partial charge on any atom is -0.258 e. The summed E-state index contributed by atoms with van der Waals surface area (Å²) in [5.74, 6) is 0. The van der Waals surface area contributed by atoms with E-state index in [4.69, 9.17) is 0 Å². The summed E-state index contributed by atoms with van der Waals surface area (Å²) in [6.45, 7) is 0.0776. The monoisotopic (exact) mass is 363 g/mol. The molecule has 4 aromatic carbocycles. The lowest BCUT2D eigenvalue weighted by Crippen LogP contribution is -2.52. The predicted octanol–water partition coefficient (Wildman–Crippen LogP) is 3.78. The van der Waals surface area contributed by atoms with E-state index in [0.717, 1.165) is 11.1 Å². The minimum absolute atomic E-state index is 0.0776. The zero-order valence-electron chi connectivity index (χ0n) is 15.2. The third-order valence-electron chi connectivity index (χ3n) is 4.93. The lowest BCUT2D eigenvalue weighted by molar-refractivity contribution is -0.384. The molecule has 4 aromatic rings. The topological polar surface area (TPSA) is 43.1 Å². The molecule has 0 aliphatic heterocycles. The van der Waals surface area contributed by atoms with Gasteiger partial charge >= 0.3 is 0 Å². The van der Waals surface area contributed by atoms with E-state index in [1.807, 2.05) is 36.4 Å². The second-order valence-corrected chi connectivity index (χ2v) is 6.65. The average Bonchev–Trinajstić information content (AvgIpc) is 2.76. The van der Waals surface area contributed by atoms with E-state index >= 15 is 0 Å². The first-order valence-electron chi connectivity index (χ1n) is 9.17. The Morgan fingerprint density at radius 3 is 1.64 bits per heavy atom. The van der Waals surface area contributed by atoms with Crippen LogP contribution in [0, 0.1) is 10.1 Å². The summed E-state index contributed by atoms with van der Waals surface area (Å²) in [4.78, 5) is 10.6. The smallest absolute Gasteiger partial charge is 0.258 e. The van der Waals surface area contributed by atoms with Crippen molar-refractivity contribution < 1.29 is 4.92 Å². The van der Waals surface area contributed by atoms with E-state index in [-0.39, 0.29) is 17.3 Å². The number of non-ortho nitro benzene ring substituents is 1. The molecule has 0 heterocycles. The molecule has 0 saturated carbocycles. The Morgan fingerprint density at radius 1 is 0.607 bits per heavy atom. The molecule has 134 valence electrons. The molecule has 0 fully saturated rings. The molecule has 0 saturated heterocycles. The van der Waals surface area contributed by atoms with Gasteiger partial charge in [0, 0.05) is 12.1 Å². The Morgan fingerprint density at radius 2 is 1.11 bits per heavy atom. The fourth-order valence-corrected chi connectivity index (χ4v) is 3.62. The summed E-state index contributed by atoms with van der Waals surface area (Å²) >= 11 is 0. The van der Waals surface area contributed by atoms with Crippen LogP contribution >= 0.6 is 0 Å². The van der Waals surface area contributed by atoms with Gasteiger partial charge in [-0.25, -0.2) is 0 Å². The van der Waals surface area contributed by atoms with Crippen molar-refractivity contribution in [3.63, 3.8) is 0 Å². The van der Waals surface area contributed by atoms with Crippen molar-refractivity contribution in [1.29, 1.82) is 0 Å². The first-order chi connectivity index (χ1) is 13.7. The van der Waals surface area contributed by atoms with Crippen LogP contribution in [-0.2, 0) is 0 Å². The summed E-state index contributed by atoms with van der Waals surface area (Å²) in [5, 5.41) is 11.0.